The van der Waals surface area contributed by atoms with Crippen molar-refractivity contribution in [3.8, 4) is 22.4 Å². The molecule has 4 heteroatoms. The van der Waals surface area contributed by atoms with E-state index in [1.807, 2.05) is 25.2 Å². The molecule has 0 amide bonds. The van der Waals surface area contributed by atoms with E-state index in [2.05, 4.69) is 29.7 Å². The molecular formula is C18H16N2O2. The minimum Gasteiger partial charge on any atom is -0.347 e. The van der Waals surface area contributed by atoms with Gasteiger partial charge in [-0.15, -0.1) is 0 Å². The van der Waals surface area contributed by atoms with Crippen LogP contribution in [0.4, 0.5) is 5.69 Å². The van der Waals surface area contributed by atoms with Crippen LogP contribution in [-0.4, -0.2) is 9.49 Å². The molecule has 110 valence electrons. The van der Waals surface area contributed by atoms with E-state index in [4.69, 9.17) is 0 Å². The third-order valence-corrected chi connectivity index (χ3v) is 3.99. The van der Waals surface area contributed by atoms with Gasteiger partial charge in [0.05, 0.1) is 4.92 Å². The van der Waals surface area contributed by atoms with E-state index >= 15 is 0 Å². The maximum Gasteiger partial charge on any atom is 0.269 e. The fourth-order valence-corrected chi connectivity index (χ4v) is 2.64. The van der Waals surface area contributed by atoms with Gasteiger partial charge in [0.15, 0.2) is 0 Å². The summed E-state index contributed by atoms with van der Waals surface area (Å²) >= 11 is 0. The molecule has 1 aromatic heterocycles. The molecule has 0 fully saturated rings. The Balaban J connectivity index is 2.07. The Morgan fingerprint density at radius 2 is 1.59 bits per heavy atom. The molecule has 0 aliphatic rings. The molecule has 2 aromatic carbocycles. The van der Waals surface area contributed by atoms with Gasteiger partial charge < -0.3 is 4.57 Å². The third kappa shape index (κ3) is 2.39. The first-order valence-electron chi connectivity index (χ1n) is 7.04. The molecule has 0 spiro atoms. The molecule has 0 unspecified atom stereocenters. The van der Waals surface area contributed by atoms with Crippen molar-refractivity contribution in [2.45, 2.75) is 6.92 Å². The van der Waals surface area contributed by atoms with Crippen LogP contribution in [0.5, 0.6) is 0 Å². The van der Waals surface area contributed by atoms with Crippen LogP contribution in [0.15, 0.2) is 60.7 Å². The summed E-state index contributed by atoms with van der Waals surface area (Å²) in [5.41, 5.74) is 5.64. The van der Waals surface area contributed by atoms with E-state index in [0.29, 0.717) is 0 Å². The Hall–Kier alpha value is -2.88. The average Bonchev–Trinajstić information content (AvgIpc) is 2.84. The van der Waals surface area contributed by atoms with Crippen molar-refractivity contribution >= 4 is 5.69 Å². The average molecular weight is 292 g/mol. The molecule has 0 saturated carbocycles. The lowest BCUT2D eigenvalue weighted by Crippen LogP contribution is -1.94. The minimum absolute atomic E-state index is 0.109. The van der Waals surface area contributed by atoms with Gasteiger partial charge in [-0.1, -0.05) is 30.3 Å². The fourth-order valence-electron chi connectivity index (χ4n) is 2.64. The number of rotatable bonds is 3. The maximum atomic E-state index is 10.8. The van der Waals surface area contributed by atoms with Crippen LogP contribution in [0, 0.1) is 17.0 Å². The summed E-state index contributed by atoms with van der Waals surface area (Å²) < 4.78 is 2.11. The second-order valence-corrected chi connectivity index (χ2v) is 5.26. The summed E-state index contributed by atoms with van der Waals surface area (Å²) in [6.07, 6.45) is 0. The maximum absolute atomic E-state index is 10.8. The van der Waals surface area contributed by atoms with Gasteiger partial charge in [0.1, 0.15) is 0 Å². The number of aromatic nitrogens is 1. The van der Waals surface area contributed by atoms with Gasteiger partial charge in [-0.2, -0.15) is 0 Å². The van der Waals surface area contributed by atoms with Crippen molar-refractivity contribution in [3.63, 3.8) is 0 Å². The van der Waals surface area contributed by atoms with Crippen LogP contribution >= 0.6 is 0 Å². The standard InChI is InChI=1S/C18H16N2O2/c1-13-17(14-6-4-3-5-7-14)12-18(19(13)2)15-8-10-16(11-9-15)20(21)22/h3-12H,1-2H3. The fraction of sp³-hybridized carbons (Fsp3) is 0.111. The molecule has 0 aliphatic carbocycles. The van der Waals surface area contributed by atoms with Crippen LogP contribution in [0.2, 0.25) is 0 Å². The van der Waals surface area contributed by atoms with Crippen molar-refractivity contribution in [1.82, 2.24) is 4.57 Å². The smallest absolute Gasteiger partial charge is 0.269 e. The highest BCUT2D eigenvalue weighted by Crippen LogP contribution is 2.32. The van der Waals surface area contributed by atoms with Gasteiger partial charge in [-0.25, -0.2) is 0 Å². The van der Waals surface area contributed by atoms with Crippen LogP contribution in [0.3, 0.4) is 0 Å². The topological polar surface area (TPSA) is 48.1 Å². The van der Waals surface area contributed by atoms with Crippen molar-refractivity contribution in [3.05, 3.63) is 76.5 Å². The van der Waals surface area contributed by atoms with Crippen LogP contribution < -0.4 is 0 Å². The summed E-state index contributed by atoms with van der Waals surface area (Å²) in [4.78, 5) is 10.4. The monoisotopic (exact) mass is 292 g/mol. The highest BCUT2D eigenvalue weighted by Gasteiger charge is 2.13. The molecule has 3 aromatic rings. The van der Waals surface area contributed by atoms with Gasteiger partial charge >= 0.3 is 0 Å². The number of hydrogen-bond donors (Lipinski definition) is 0. The first-order chi connectivity index (χ1) is 10.6. The van der Waals surface area contributed by atoms with Gasteiger partial charge in [0.2, 0.25) is 0 Å². The number of nitro benzene ring substituents is 1. The van der Waals surface area contributed by atoms with Gasteiger partial charge in [0.25, 0.3) is 5.69 Å². The summed E-state index contributed by atoms with van der Waals surface area (Å²) in [6.45, 7) is 2.08. The lowest BCUT2D eigenvalue weighted by Gasteiger charge is -2.05. The third-order valence-electron chi connectivity index (χ3n) is 3.99. The number of nitro groups is 1. The molecular weight excluding hydrogens is 276 g/mol. The van der Waals surface area contributed by atoms with E-state index in [-0.39, 0.29) is 10.6 Å². The predicted molar refractivity (Wildman–Crippen MR) is 87.7 cm³/mol. The lowest BCUT2D eigenvalue weighted by atomic mass is 10.1. The Kier molecular flexibility index (Phi) is 3.51. The van der Waals surface area contributed by atoms with Crippen LogP contribution in [0.25, 0.3) is 22.4 Å². The summed E-state index contributed by atoms with van der Waals surface area (Å²) in [7, 11) is 2.01. The zero-order chi connectivity index (χ0) is 15.7. The molecule has 0 radical (unpaired) electrons. The van der Waals surface area contributed by atoms with Crippen molar-refractivity contribution in [2.24, 2.45) is 7.05 Å². The predicted octanol–water partition coefficient (Wildman–Crippen LogP) is 4.58. The molecule has 0 saturated heterocycles. The van der Waals surface area contributed by atoms with E-state index in [1.165, 1.54) is 16.8 Å². The molecule has 1 heterocycles. The van der Waals surface area contributed by atoms with Gasteiger partial charge in [-0.3, -0.25) is 10.1 Å². The number of non-ortho nitro benzene ring substituents is 1. The molecule has 3 rings (SSSR count). The first kappa shape index (κ1) is 14.1. The zero-order valence-corrected chi connectivity index (χ0v) is 12.5. The van der Waals surface area contributed by atoms with Crippen LogP contribution in [0.1, 0.15) is 5.69 Å². The summed E-state index contributed by atoms with van der Waals surface area (Å²) in [5.74, 6) is 0. The summed E-state index contributed by atoms with van der Waals surface area (Å²) in [5, 5.41) is 10.8. The molecule has 0 atom stereocenters. The molecule has 4 nitrogen and oxygen atoms in total. The number of nitrogens with zero attached hydrogens (tertiary/aromatic N) is 2. The zero-order valence-electron chi connectivity index (χ0n) is 12.5. The van der Waals surface area contributed by atoms with E-state index in [0.717, 1.165) is 11.3 Å². The molecule has 22 heavy (non-hydrogen) atoms. The Morgan fingerprint density at radius 1 is 0.955 bits per heavy atom. The van der Waals surface area contributed by atoms with Crippen molar-refractivity contribution < 1.29 is 4.92 Å². The molecule has 0 aliphatic heterocycles. The second-order valence-electron chi connectivity index (χ2n) is 5.26. The Morgan fingerprint density at radius 3 is 2.18 bits per heavy atom. The van der Waals surface area contributed by atoms with E-state index < -0.39 is 0 Å². The largest absolute Gasteiger partial charge is 0.347 e. The second kappa shape index (κ2) is 5.48. The lowest BCUT2D eigenvalue weighted by molar-refractivity contribution is -0.384. The van der Waals surface area contributed by atoms with Crippen molar-refractivity contribution in [2.75, 3.05) is 0 Å². The van der Waals surface area contributed by atoms with E-state index in [9.17, 15) is 10.1 Å². The minimum atomic E-state index is -0.380. The van der Waals surface area contributed by atoms with Gasteiger partial charge in [0, 0.05) is 36.1 Å². The number of benzene rings is 2. The van der Waals surface area contributed by atoms with Crippen molar-refractivity contribution in [1.29, 1.82) is 0 Å². The quantitative estimate of drug-likeness (QED) is 0.524. The SMILES string of the molecule is Cc1c(-c2ccccc2)cc(-c2ccc([N+](=O)[O-])cc2)n1C. The highest BCUT2D eigenvalue weighted by atomic mass is 16.6. The Bertz CT molecular complexity index is 818. The highest BCUT2D eigenvalue weighted by molar-refractivity contribution is 5.75. The van der Waals surface area contributed by atoms with E-state index in [1.54, 1.807) is 24.3 Å². The normalized spacial score (nSPS) is 10.6. The molecule has 0 N–H and O–H groups in total. The molecule has 0 bridgehead atoms. The van der Waals surface area contributed by atoms with Gasteiger partial charge in [-0.05, 0) is 36.2 Å². The van der Waals surface area contributed by atoms with Crippen LogP contribution in [-0.2, 0) is 7.05 Å². The summed E-state index contributed by atoms with van der Waals surface area (Å²) in [6, 6.07) is 19.0. The Labute approximate surface area is 128 Å². The first-order valence-corrected chi connectivity index (χ1v) is 7.04. The number of hydrogen-bond acceptors (Lipinski definition) is 2.